The van der Waals surface area contributed by atoms with Crippen molar-refractivity contribution in [2.45, 2.75) is 65.5 Å². The normalized spacial score (nSPS) is 18.8. The molecule has 28 heavy (non-hydrogen) atoms. The molecule has 2 atom stereocenters. The van der Waals surface area contributed by atoms with E-state index in [-0.39, 0.29) is 17.6 Å². The first kappa shape index (κ1) is 18.7. The van der Waals surface area contributed by atoms with Crippen LogP contribution in [-0.2, 0) is 10.3 Å². The molecular formula is C22H28N4O2. The van der Waals surface area contributed by atoms with Crippen LogP contribution >= 0.6 is 0 Å². The lowest BCUT2D eigenvalue weighted by Crippen LogP contribution is -2.22. The van der Waals surface area contributed by atoms with Gasteiger partial charge in [0, 0.05) is 42.3 Å². The van der Waals surface area contributed by atoms with Crippen LogP contribution in [0.15, 0.2) is 30.7 Å². The van der Waals surface area contributed by atoms with E-state index >= 15 is 0 Å². The maximum atomic E-state index is 11.7. The second kappa shape index (κ2) is 6.76. The number of Topliss-reactive ketones (excluding diaryl/α,β-unsaturated/α-hetero) is 1. The third kappa shape index (κ3) is 3.55. The Kier molecular flexibility index (Phi) is 4.52. The molecule has 1 fully saturated rings. The van der Waals surface area contributed by atoms with Gasteiger partial charge in [-0.15, -0.1) is 0 Å². The minimum atomic E-state index is -0.0759. The Morgan fingerprint density at radius 3 is 2.64 bits per heavy atom. The zero-order chi connectivity index (χ0) is 20.1. The summed E-state index contributed by atoms with van der Waals surface area (Å²) in [5.74, 6) is 1.42. The van der Waals surface area contributed by atoms with Gasteiger partial charge < -0.3 is 4.74 Å². The van der Waals surface area contributed by atoms with Crippen LogP contribution in [0, 0.1) is 12.8 Å². The van der Waals surface area contributed by atoms with Crippen LogP contribution in [0.4, 0.5) is 0 Å². The number of pyridine rings is 1. The number of aryl methyl sites for hydroxylation is 1. The number of nitrogens with zero attached hydrogens (tertiary/aromatic N) is 4. The lowest BCUT2D eigenvalue weighted by Gasteiger charge is -2.21. The number of carbonyl (C=O) groups is 1. The maximum absolute atomic E-state index is 11.7. The van der Waals surface area contributed by atoms with E-state index in [1.165, 1.54) is 0 Å². The van der Waals surface area contributed by atoms with Crippen molar-refractivity contribution in [1.82, 2.24) is 19.4 Å². The molecule has 1 aliphatic carbocycles. The summed E-state index contributed by atoms with van der Waals surface area (Å²) in [6.07, 6.45) is 8.14. The second-order valence-electron chi connectivity index (χ2n) is 8.92. The zero-order valence-corrected chi connectivity index (χ0v) is 17.3. The molecule has 0 unspecified atom stereocenters. The van der Waals surface area contributed by atoms with Crippen LogP contribution in [0.25, 0.3) is 16.6 Å². The molecule has 4 rings (SSSR count). The minimum Gasteiger partial charge on any atom is -0.488 e. The quantitative estimate of drug-likeness (QED) is 0.673. The predicted molar refractivity (Wildman–Crippen MR) is 109 cm³/mol. The molecule has 0 spiro atoms. The Morgan fingerprint density at radius 2 is 2.00 bits per heavy atom. The smallest absolute Gasteiger partial charge is 0.146 e. The second-order valence-corrected chi connectivity index (χ2v) is 8.92. The summed E-state index contributed by atoms with van der Waals surface area (Å²) < 4.78 is 10.2. The molecule has 1 aliphatic rings. The first-order valence-corrected chi connectivity index (χ1v) is 9.94. The van der Waals surface area contributed by atoms with Crippen molar-refractivity contribution < 1.29 is 9.53 Å². The number of aromatic nitrogens is 4. The van der Waals surface area contributed by atoms with Crippen LogP contribution in [0.1, 0.15) is 52.7 Å². The van der Waals surface area contributed by atoms with Crippen molar-refractivity contribution in [2.24, 2.45) is 5.92 Å². The topological polar surface area (TPSA) is 61.4 Å². The van der Waals surface area contributed by atoms with Gasteiger partial charge in [-0.2, -0.15) is 10.2 Å². The van der Waals surface area contributed by atoms with Crippen LogP contribution in [0.3, 0.4) is 0 Å². The SMILES string of the molecule is Cc1cc2c(O[C@H](C)[C@H]3CCC(=O)C3)cc(-c3cnn(C(C)(C)C)c3)cn2n1. The molecule has 6 nitrogen and oxygen atoms in total. The fourth-order valence-electron chi connectivity index (χ4n) is 3.81. The van der Waals surface area contributed by atoms with Crippen molar-refractivity contribution in [3.8, 4) is 16.9 Å². The molecule has 3 aromatic rings. The Labute approximate surface area is 165 Å². The average molecular weight is 380 g/mol. The van der Waals surface area contributed by atoms with Gasteiger partial charge in [0.1, 0.15) is 17.0 Å². The lowest BCUT2D eigenvalue weighted by molar-refractivity contribution is -0.117. The third-order valence-electron chi connectivity index (χ3n) is 5.52. The van der Waals surface area contributed by atoms with E-state index in [9.17, 15) is 4.79 Å². The highest BCUT2D eigenvalue weighted by molar-refractivity contribution is 5.80. The molecule has 0 saturated heterocycles. The first-order chi connectivity index (χ1) is 13.2. The summed E-state index contributed by atoms with van der Waals surface area (Å²) in [6, 6.07) is 4.10. The first-order valence-electron chi connectivity index (χ1n) is 9.94. The van der Waals surface area contributed by atoms with E-state index in [0.29, 0.717) is 18.6 Å². The van der Waals surface area contributed by atoms with Gasteiger partial charge in [0.05, 0.1) is 23.5 Å². The van der Waals surface area contributed by atoms with Gasteiger partial charge in [-0.05, 0) is 53.2 Å². The number of ketones is 1. The summed E-state index contributed by atoms with van der Waals surface area (Å²) >= 11 is 0. The number of carbonyl (C=O) groups excluding carboxylic acids is 1. The summed E-state index contributed by atoms with van der Waals surface area (Å²) in [5, 5.41) is 9.11. The summed E-state index contributed by atoms with van der Waals surface area (Å²) in [5.41, 5.74) is 3.85. The van der Waals surface area contributed by atoms with E-state index in [4.69, 9.17) is 4.74 Å². The van der Waals surface area contributed by atoms with Gasteiger partial charge in [0.15, 0.2) is 0 Å². The minimum absolute atomic E-state index is 0.0157. The van der Waals surface area contributed by atoms with E-state index < -0.39 is 0 Å². The van der Waals surface area contributed by atoms with Crippen LogP contribution in [0.2, 0.25) is 0 Å². The van der Waals surface area contributed by atoms with Gasteiger partial charge in [0.25, 0.3) is 0 Å². The molecule has 6 heteroatoms. The molecule has 0 bridgehead atoms. The molecule has 0 N–H and O–H groups in total. The number of hydrogen-bond donors (Lipinski definition) is 0. The van der Waals surface area contributed by atoms with Crippen LogP contribution in [-0.4, -0.2) is 31.3 Å². The van der Waals surface area contributed by atoms with E-state index in [1.807, 2.05) is 34.6 Å². The summed E-state index contributed by atoms with van der Waals surface area (Å²) in [6.45, 7) is 10.4. The lowest BCUT2D eigenvalue weighted by atomic mass is 10.0. The molecule has 0 aliphatic heterocycles. The van der Waals surface area contributed by atoms with E-state index in [2.05, 4.69) is 50.2 Å². The van der Waals surface area contributed by atoms with Crippen molar-refractivity contribution >= 4 is 11.3 Å². The molecule has 0 radical (unpaired) electrons. The van der Waals surface area contributed by atoms with Gasteiger partial charge in [-0.1, -0.05) is 0 Å². The largest absolute Gasteiger partial charge is 0.488 e. The maximum Gasteiger partial charge on any atom is 0.146 e. The summed E-state index contributed by atoms with van der Waals surface area (Å²) in [7, 11) is 0. The van der Waals surface area contributed by atoms with Crippen molar-refractivity contribution in [3.63, 3.8) is 0 Å². The van der Waals surface area contributed by atoms with Gasteiger partial charge in [-0.25, -0.2) is 4.52 Å². The predicted octanol–water partition coefficient (Wildman–Crippen LogP) is 4.40. The zero-order valence-electron chi connectivity index (χ0n) is 17.3. The molecular weight excluding hydrogens is 352 g/mol. The van der Waals surface area contributed by atoms with E-state index in [0.717, 1.165) is 34.5 Å². The Balaban J connectivity index is 1.71. The highest BCUT2D eigenvalue weighted by Crippen LogP contribution is 2.33. The summed E-state index contributed by atoms with van der Waals surface area (Å²) in [4.78, 5) is 11.7. The Hall–Kier alpha value is -2.63. The van der Waals surface area contributed by atoms with E-state index in [1.54, 1.807) is 0 Å². The highest BCUT2D eigenvalue weighted by Gasteiger charge is 2.29. The molecule has 3 heterocycles. The van der Waals surface area contributed by atoms with Gasteiger partial charge >= 0.3 is 0 Å². The van der Waals surface area contributed by atoms with Crippen molar-refractivity contribution in [2.75, 3.05) is 0 Å². The number of rotatable bonds is 4. The number of fused-ring (bicyclic) bond motifs is 1. The number of ether oxygens (including phenoxy) is 1. The standard InChI is InChI=1S/C22H28N4O2/c1-14-8-20-21(28-15(2)16-6-7-19(27)9-16)10-17(12-25(20)24-14)18-11-23-26(13-18)22(3,4)5/h8,10-13,15-16H,6-7,9H2,1-5H3/t15-,16+/m1/s1. The fraction of sp³-hybridized carbons (Fsp3) is 0.500. The average Bonchev–Trinajstić information content (AvgIpc) is 3.32. The van der Waals surface area contributed by atoms with Gasteiger partial charge in [0.2, 0.25) is 0 Å². The van der Waals surface area contributed by atoms with Crippen LogP contribution < -0.4 is 4.74 Å². The molecule has 148 valence electrons. The molecule has 1 saturated carbocycles. The fourth-order valence-corrected chi connectivity index (χ4v) is 3.81. The molecule has 0 aromatic carbocycles. The third-order valence-corrected chi connectivity index (χ3v) is 5.52. The highest BCUT2D eigenvalue weighted by atomic mass is 16.5. The Bertz CT molecular complexity index is 1030. The Morgan fingerprint density at radius 1 is 1.21 bits per heavy atom. The molecule has 0 amide bonds. The van der Waals surface area contributed by atoms with Crippen molar-refractivity contribution in [1.29, 1.82) is 0 Å². The van der Waals surface area contributed by atoms with Crippen molar-refractivity contribution in [3.05, 3.63) is 36.4 Å². The number of hydrogen-bond acceptors (Lipinski definition) is 4. The monoisotopic (exact) mass is 380 g/mol. The van der Waals surface area contributed by atoms with Crippen LogP contribution in [0.5, 0.6) is 5.75 Å². The molecule has 3 aromatic heterocycles. The van der Waals surface area contributed by atoms with Gasteiger partial charge in [-0.3, -0.25) is 9.48 Å².